The van der Waals surface area contributed by atoms with Crippen molar-refractivity contribution in [3.8, 4) is 0 Å². The topological polar surface area (TPSA) is 17.8 Å². The molecular weight excluding hydrogens is 391 g/mol. The third-order valence-electron chi connectivity index (χ3n) is 3.23. The van der Waals surface area contributed by atoms with Gasteiger partial charge in [-0.2, -0.15) is 5.10 Å². The van der Waals surface area contributed by atoms with Crippen LogP contribution in [0.2, 0.25) is 5.02 Å². The number of aromatic nitrogens is 2. The first-order valence-electron chi connectivity index (χ1n) is 6.03. The van der Waals surface area contributed by atoms with Crippen LogP contribution in [-0.2, 0) is 13.5 Å². The second-order valence-corrected chi connectivity index (χ2v) is 6.39. The molecule has 0 radical (unpaired) electrons. The van der Waals surface area contributed by atoms with Crippen LogP contribution in [0.1, 0.15) is 22.9 Å². The summed E-state index contributed by atoms with van der Waals surface area (Å²) in [5, 5.41) is 6.13. The van der Waals surface area contributed by atoms with E-state index < -0.39 is 0 Å². The minimum Gasteiger partial charge on any atom is -0.271 e. The maximum Gasteiger partial charge on any atom is 0.0738 e. The predicted octanol–water partition coefficient (Wildman–Crippen LogP) is 4.87. The molecule has 2 nitrogen and oxygen atoms in total. The minimum atomic E-state index is 0.333. The normalized spacial score (nSPS) is 12.7. The molecular formula is C14H15Br2ClN2. The van der Waals surface area contributed by atoms with Gasteiger partial charge in [-0.1, -0.05) is 45.7 Å². The van der Waals surface area contributed by atoms with Crippen molar-refractivity contribution in [2.45, 2.75) is 19.3 Å². The second kappa shape index (κ2) is 6.42. The van der Waals surface area contributed by atoms with Crippen LogP contribution in [-0.4, -0.2) is 15.1 Å². The van der Waals surface area contributed by atoms with Gasteiger partial charge in [0, 0.05) is 23.3 Å². The van der Waals surface area contributed by atoms with Crippen LogP contribution >= 0.6 is 43.5 Å². The number of hydrogen-bond donors (Lipinski definition) is 0. The summed E-state index contributed by atoms with van der Waals surface area (Å²) in [6.45, 7) is 2.01. The van der Waals surface area contributed by atoms with E-state index in [-0.39, 0.29) is 0 Å². The maximum atomic E-state index is 6.29. The van der Waals surface area contributed by atoms with Crippen LogP contribution in [0, 0.1) is 6.92 Å². The summed E-state index contributed by atoms with van der Waals surface area (Å²) in [6.07, 6.45) is 0.896. The van der Waals surface area contributed by atoms with E-state index in [1.165, 1.54) is 11.3 Å². The average Bonchev–Trinajstić information content (AvgIpc) is 2.63. The lowest BCUT2D eigenvalue weighted by Crippen LogP contribution is -2.09. The molecule has 19 heavy (non-hydrogen) atoms. The molecule has 0 spiro atoms. The summed E-state index contributed by atoms with van der Waals surface area (Å²) in [7, 11) is 1.98. The Morgan fingerprint density at radius 2 is 2.05 bits per heavy atom. The highest BCUT2D eigenvalue weighted by atomic mass is 79.9. The Balaban J connectivity index is 2.32. The van der Waals surface area contributed by atoms with Crippen LogP contribution in [0.4, 0.5) is 0 Å². The van der Waals surface area contributed by atoms with E-state index >= 15 is 0 Å². The summed E-state index contributed by atoms with van der Waals surface area (Å²) in [4.78, 5) is 0. The molecule has 2 aromatic rings. The number of nitrogens with zero attached hydrogens (tertiary/aromatic N) is 2. The average molecular weight is 407 g/mol. The van der Waals surface area contributed by atoms with Crippen molar-refractivity contribution in [2.24, 2.45) is 7.05 Å². The van der Waals surface area contributed by atoms with Crippen LogP contribution in [0.3, 0.4) is 0 Å². The van der Waals surface area contributed by atoms with Crippen molar-refractivity contribution in [1.82, 2.24) is 9.78 Å². The first-order valence-corrected chi connectivity index (χ1v) is 8.32. The van der Waals surface area contributed by atoms with E-state index in [1.54, 1.807) is 0 Å². The predicted molar refractivity (Wildman–Crippen MR) is 87.3 cm³/mol. The van der Waals surface area contributed by atoms with Crippen molar-refractivity contribution >= 4 is 43.5 Å². The van der Waals surface area contributed by atoms with Crippen LogP contribution in [0.15, 0.2) is 28.7 Å². The van der Waals surface area contributed by atoms with Crippen molar-refractivity contribution in [3.63, 3.8) is 0 Å². The van der Waals surface area contributed by atoms with Gasteiger partial charge in [0.15, 0.2) is 0 Å². The molecule has 0 amide bonds. The molecule has 1 atom stereocenters. The van der Waals surface area contributed by atoms with Gasteiger partial charge >= 0.3 is 0 Å². The Bertz CT molecular complexity index is 581. The van der Waals surface area contributed by atoms with Gasteiger partial charge in [0.2, 0.25) is 0 Å². The van der Waals surface area contributed by atoms with E-state index in [0.29, 0.717) is 5.92 Å². The minimum absolute atomic E-state index is 0.333. The molecule has 1 aromatic carbocycles. The molecule has 0 aliphatic carbocycles. The molecule has 0 saturated carbocycles. The molecule has 2 rings (SSSR count). The fraction of sp³-hybridized carbons (Fsp3) is 0.357. The molecule has 1 heterocycles. The number of benzene rings is 1. The molecule has 0 bridgehead atoms. The Labute approximate surface area is 135 Å². The quantitative estimate of drug-likeness (QED) is 0.663. The summed E-state index contributed by atoms with van der Waals surface area (Å²) in [5.74, 6) is 0.333. The highest BCUT2D eigenvalue weighted by molar-refractivity contribution is 9.10. The molecule has 5 heteroatoms. The van der Waals surface area contributed by atoms with Gasteiger partial charge in [-0.3, -0.25) is 4.68 Å². The third-order valence-corrected chi connectivity index (χ3v) is 5.39. The molecule has 0 saturated heterocycles. The molecule has 0 aliphatic rings. The van der Waals surface area contributed by atoms with Crippen molar-refractivity contribution in [3.05, 3.63) is 50.7 Å². The Morgan fingerprint density at radius 3 is 2.58 bits per heavy atom. The van der Waals surface area contributed by atoms with E-state index in [2.05, 4.69) is 43.0 Å². The van der Waals surface area contributed by atoms with Crippen LogP contribution in [0.25, 0.3) is 0 Å². The summed E-state index contributed by atoms with van der Waals surface area (Å²) in [6, 6.07) is 8.02. The standard InChI is InChI=1S/C14H15Br2ClN2/c1-9-14(16)13(19(2)18-9)7-10(8-15)11-5-3-4-6-12(11)17/h3-6,10H,7-8H2,1-2H3. The van der Waals surface area contributed by atoms with Crippen molar-refractivity contribution in [2.75, 3.05) is 5.33 Å². The van der Waals surface area contributed by atoms with E-state index in [0.717, 1.165) is 26.9 Å². The van der Waals surface area contributed by atoms with E-state index in [4.69, 9.17) is 11.6 Å². The Morgan fingerprint density at radius 1 is 1.37 bits per heavy atom. The molecule has 102 valence electrons. The zero-order chi connectivity index (χ0) is 14.0. The number of alkyl halides is 1. The first kappa shape index (κ1) is 15.1. The van der Waals surface area contributed by atoms with Crippen LogP contribution < -0.4 is 0 Å². The van der Waals surface area contributed by atoms with Gasteiger partial charge < -0.3 is 0 Å². The Kier molecular flexibility index (Phi) is 5.09. The fourth-order valence-electron chi connectivity index (χ4n) is 2.19. The summed E-state index contributed by atoms with van der Waals surface area (Å²) < 4.78 is 3.03. The number of aryl methyl sites for hydroxylation is 2. The zero-order valence-corrected chi connectivity index (χ0v) is 14.8. The van der Waals surface area contributed by atoms with Gasteiger partial charge in [0.25, 0.3) is 0 Å². The summed E-state index contributed by atoms with van der Waals surface area (Å²) >= 11 is 13.5. The second-order valence-electron chi connectivity index (χ2n) is 4.55. The van der Waals surface area contributed by atoms with E-state index in [9.17, 15) is 0 Å². The largest absolute Gasteiger partial charge is 0.271 e. The number of rotatable bonds is 4. The molecule has 1 unspecified atom stereocenters. The van der Waals surface area contributed by atoms with Crippen LogP contribution in [0.5, 0.6) is 0 Å². The molecule has 1 aromatic heterocycles. The lowest BCUT2D eigenvalue weighted by Gasteiger charge is -2.16. The zero-order valence-electron chi connectivity index (χ0n) is 10.8. The van der Waals surface area contributed by atoms with Gasteiger partial charge in [-0.15, -0.1) is 0 Å². The van der Waals surface area contributed by atoms with Gasteiger partial charge in [-0.25, -0.2) is 0 Å². The molecule has 0 N–H and O–H groups in total. The van der Waals surface area contributed by atoms with Gasteiger partial charge in [0.05, 0.1) is 15.9 Å². The van der Waals surface area contributed by atoms with Crippen molar-refractivity contribution in [1.29, 1.82) is 0 Å². The lowest BCUT2D eigenvalue weighted by molar-refractivity contribution is 0.659. The highest BCUT2D eigenvalue weighted by Crippen LogP contribution is 2.31. The Hall–Kier alpha value is -0.320. The number of hydrogen-bond acceptors (Lipinski definition) is 1. The fourth-order valence-corrected chi connectivity index (χ4v) is 3.55. The SMILES string of the molecule is Cc1nn(C)c(CC(CBr)c2ccccc2Cl)c1Br. The lowest BCUT2D eigenvalue weighted by atomic mass is 9.96. The third kappa shape index (κ3) is 3.23. The summed E-state index contributed by atoms with van der Waals surface area (Å²) in [5.41, 5.74) is 3.39. The molecule has 0 aliphatic heterocycles. The van der Waals surface area contributed by atoms with E-state index in [1.807, 2.05) is 36.9 Å². The first-order chi connectivity index (χ1) is 9.04. The smallest absolute Gasteiger partial charge is 0.0738 e. The van der Waals surface area contributed by atoms with Crippen molar-refractivity contribution < 1.29 is 0 Å². The highest BCUT2D eigenvalue weighted by Gasteiger charge is 2.19. The monoisotopic (exact) mass is 404 g/mol. The van der Waals surface area contributed by atoms with Gasteiger partial charge in [-0.05, 0) is 40.9 Å². The van der Waals surface area contributed by atoms with Gasteiger partial charge in [0.1, 0.15) is 0 Å². The maximum absolute atomic E-state index is 6.29. The molecule has 0 fully saturated rings. The number of halogens is 3.